The number of nitrogens with zero attached hydrogens (tertiary/aromatic N) is 4. The Bertz CT molecular complexity index is 628. The first-order valence-corrected chi connectivity index (χ1v) is 8.61. The van der Waals surface area contributed by atoms with Gasteiger partial charge < -0.3 is 4.57 Å². The van der Waals surface area contributed by atoms with E-state index in [-0.39, 0.29) is 0 Å². The quantitative estimate of drug-likeness (QED) is 0.634. The fraction of sp³-hybridized carbons (Fsp3) is 0.750. The molecule has 1 aliphatic carbocycles. The van der Waals surface area contributed by atoms with Gasteiger partial charge >= 0.3 is 0 Å². The maximum absolute atomic E-state index is 6.00. The van der Waals surface area contributed by atoms with Crippen LogP contribution in [0.1, 0.15) is 56.6 Å². The van der Waals surface area contributed by atoms with Gasteiger partial charge in [0.15, 0.2) is 5.65 Å². The Morgan fingerprint density at radius 3 is 2.81 bits per heavy atom. The Hall–Kier alpha value is -1.03. The highest BCUT2D eigenvalue weighted by atomic mass is 35.5. The van der Waals surface area contributed by atoms with Crippen LogP contribution in [0.3, 0.4) is 0 Å². The van der Waals surface area contributed by atoms with Crippen molar-refractivity contribution in [2.24, 2.45) is 13.0 Å². The summed E-state index contributed by atoms with van der Waals surface area (Å²) in [5.41, 5.74) is 3.24. The van der Waals surface area contributed by atoms with Crippen molar-refractivity contribution in [2.45, 2.75) is 58.4 Å². The van der Waals surface area contributed by atoms with Gasteiger partial charge in [0.05, 0.1) is 5.69 Å². The molecular weight excluding hydrogens is 284 g/mol. The molecule has 3 rings (SSSR count). The second-order valence-corrected chi connectivity index (χ2v) is 6.86. The van der Waals surface area contributed by atoms with E-state index in [2.05, 4.69) is 16.6 Å². The van der Waals surface area contributed by atoms with Crippen LogP contribution in [0.5, 0.6) is 0 Å². The Morgan fingerprint density at radius 1 is 1.24 bits per heavy atom. The van der Waals surface area contributed by atoms with Crippen LogP contribution in [0.25, 0.3) is 11.2 Å². The first-order chi connectivity index (χ1) is 10.1. The van der Waals surface area contributed by atoms with Gasteiger partial charge in [0, 0.05) is 25.4 Å². The molecule has 1 aliphatic rings. The van der Waals surface area contributed by atoms with Crippen LogP contribution in [0.15, 0.2) is 0 Å². The van der Waals surface area contributed by atoms with Crippen LogP contribution in [-0.2, 0) is 13.5 Å². The largest absolute Gasteiger partial charge is 0.310 e. The van der Waals surface area contributed by atoms with Gasteiger partial charge in [0.1, 0.15) is 11.3 Å². The van der Waals surface area contributed by atoms with Crippen molar-refractivity contribution < 1.29 is 0 Å². The molecular formula is C16H25ClN4. The molecule has 0 saturated heterocycles. The predicted octanol–water partition coefficient (Wildman–Crippen LogP) is 4.00. The fourth-order valence-electron chi connectivity index (χ4n) is 3.71. The van der Waals surface area contributed by atoms with E-state index in [1.807, 2.05) is 18.7 Å². The summed E-state index contributed by atoms with van der Waals surface area (Å²) in [5.74, 6) is 2.60. The zero-order valence-electron chi connectivity index (χ0n) is 13.3. The number of aromatic nitrogens is 4. The maximum Gasteiger partial charge on any atom is 0.158 e. The lowest BCUT2D eigenvalue weighted by Gasteiger charge is -2.20. The Balaban J connectivity index is 2.07. The van der Waals surface area contributed by atoms with Crippen molar-refractivity contribution >= 4 is 22.8 Å². The topological polar surface area (TPSA) is 35.6 Å². The summed E-state index contributed by atoms with van der Waals surface area (Å²) >= 11 is 6.00. The summed E-state index contributed by atoms with van der Waals surface area (Å²) in [5, 5.41) is 4.55. The Morgan fingerprint density at radius 2 is 2.05 bits per heavy atom. The van der Waals surface area contributed by atoms with E-state index >= 15 is 0 Å². The molecule has 0 spiro atoms. The molecule has 0 amide bonds. The molecule has 21 heavy (non-hydrogen) atoms. The van der Waals surface area contributed by atoms with Crippen molar-refractivity contribution in [1.29, 1.82) is 0 Å². The molecule has 2 heterocycles. The van der Waals surface area contributed by atoms with Crippen LogP contribution in [0.2, 0.25) is 0 Å². The molecule has 0 radical (unpaired) electrons. The highest BCUT2D eigenvalue weighted by Crippen LogP contribution is 2.34. The summed E-state index contributed by atoms with van der Waals surface area (Å²) in [4.78, 5) is 4.84. The lowest BCUT2D eigenvalue weighted by Crippen LogP contribution is -2.14. The van der Waals surface area contributed by atoms with E-state index < -0.39 is 0 Å². The molecule has 0 bridgehead atoms. The van der Waals surface area contributed by atoms with Crippen LogP contribution in [0.4, 0.5) is 0 Å². The summed E-state index contributed by atoms with van der Waals surface area (Å²) in [6.07, 6.45) is 7.29. The van der Waals surface area contributed by atoms with Crippen LogP contribution in [-0.4, -0.2) is 25.2 Å². The normalized spacial score (nSPS) is 23.6. The summed E-state index contributed by atoms with van der Waals surface area (Å²) in [7, 11) is 2.03. The van der Waals surface area contributed by atoms with Gasteiger partial charge in [-0.3, -0.25) is 4.68 Å². The van der Waals surface area contributed by atoms with Gasteiger partial charge in [0.2, 0.25) is 0 Å². The van der Waals surface area contributed by atoms with Gasteiger partial charge in [-0.2, -0.15) is 5.10 Å². The minimum Gasteiger partial charge on any atom is -0.310 e. The standard InChI is InChI=1S/C16H25ClN4/c1-11-5-4-6-13(8-7-11)21-14(9-10-17)18-15-12(2)19-20(3)16(15)21/h11,13H,4-10H2,1-3H3. The predicted molar refractivity (Wildman–Crippen MR) is 86.9 cm³/mol. The molecule has 2 aromatic rings. The monoisotopic (exact) mass is 308 g/mol. The maximum atomic E-state index is 6.00. The van der Waals surface area contributed by atoms with Crippen LogP contribution in [0, 0.1) is 12.8 Å². The number of hydrogen-bond donors (Lipinski definition) is 0. The van der Waals surface area contributed by atoms with Crippen LogP contribution >= 0.6 is 11.6 Å². The second kappa shape index (κ2) is 5.99. The van der Waals surface area contributed by atoms with Gasteiger partial charge in [-0.15, -0.1) is 11.6 Å². The number of rotatable bonds is 3. The number of fused-ring (bicyclic) bond motifs is 1. The summed E-state index contributed by atoms with van der Waals surface area (Å²) in [6.45, 7) is 4.42. The molecule has 1 saturated carbocycles. The van der Waals surface area contributed by atoms with Gasteiger partial charge in [0.25, 0.3) is 0 Å². The summed E-state index contributed by atoms with van der Waals surface area (Å²) < 4.78 is 4.43. The molecule has 116 valence electrons. The van der Waals surface area contributed by atoms with Crippen molar-refractivity contribution in [3.05, 3.63) is 11.5 Å². The minimum atomic E-state index is 0.549. The van der Waals surface area contributed by atoms with E-state index in [0.29, 0.717) is 11.9 Å². The fourth-order valence-corrected chi connectivity index (χ4v) is 3.88. The molecule has 1 fully saturated rings. The highest BCUT2D eigenvalue weighted by molar-refractivity contribution is 6.17. The van der Waals surface area contributed by atoms with E-state index in [4.69, 9.17) is 16.6 Å². The second-order valence-electron chi connectivity index (χ2n) is 6.49. The molecule has 0 aromatic carbocycles. The SMILES string of the molecule is Cc1nn(C)c2c1nc(CCCl)n2C1CCCC(C)CC1. The smallest absolute Gasteiger partial charge is 0.158 e. The third-order valence-electron chi connectivity index (χ3n) is 4.82. The summed E-state index contributed by atoms with van der Waals surface area (Å²) in [6, 6.07) is 0.549. The van der Waals surface area contributed by atoms with Crippen molar-refractivity contribution in [2.75, 3.05) is 5.88 Å². The minimum absolute atomic E-state index is 0.549. The lowest BCUT2D eigenvalue weighted by molar-refractivity contribution is 0.425. The molecule has 2 atom stereocenters. The molecule has 5 heteroatoms. The van der Waals surface area contributed by atoms with Crippen molar-refractivity contribution in [1.82, 2.24) is 19.3 Å². The Labute approximate surface area is 131 Å². The molecule has 2 unspecified atom stereocenters. The average molecular weight is 309 g/mol. The van der Waals surface area contributed by atoms with Gasteiger partial charge in [-0.1, -0.05) is 19.8 Å². The molecule has 0 N–H and O–H groups in total. The zero-order valence-corrected chi connectivity index (χ0v) is 14.0. The van der Waals surface area contributed by atoms with E-state index in [1.54, 1.807) is 0 Å². The Kier molecular flexibility index (Phi) is 4.25. The van der Waals surface area contributed by atoms with E-state index in [1.165, 1.54) is 37.8 Å². The van der Waals surface area contributed by atoms with Crippen LogP contribution < -0.4 is 0 Å². The third-order valence-corrected chi connectivity index (χ3v) is 5.01. The number of hydrogen-bond acceptors (Lipinski definition) is 2. The lowest BCUT2D eigenvalue weighted by atomic mass is 10.0. The van der Waals surface area contributed by atoms with E-state index in [9.17, 15) is 0 Å². The number of alkyl halides is 1. The molecule has 2 aromatic heterocycles. The first kappa shape index (κ1) is 14.9. The number of halogens is 1. The number of aryl methyl sites for hydroxylation is 3. The third kappa shape index (κ3) is 2.70. The van der Waals surface area contributed by atoms with Gasteiger partial charge in [-0.25, -0.2) is 4.98 Å². The number of imidazole rings is 1. The van der Waals surface area contributed by atoms with Crippen molar-refractivity contribution in [3.8, 4) is 0 Å². The van der Waals surface area contributed by atoms with E-state index in [0.717, 1.165) is 29.4 Å². The molecule has 0 aliphatic heterocycles. The first-order valence-electron chi connectivity index (χ1n) is 8.08. The van der Waals surface area contributed by atoms with Crippen molar-refractivity contribution in [3.63, 3.8) is 0 Å². The zero-order chi connectivity index (χ0) is 15.0. The van der Waals surface area contributed by atoms with Gasteiger partial charge in [-0.05, 0) is 32.1 Å². The molecule has 4 nitrogen and oxygen atoms in total. The highest BCUT2D eigenvalue weighted by Gasteiger charge is 2.25. The average Bonchev–Trinajstić information content (AvgIpc) is 2.84.